The number of nitrogens with two attached hydrogens (primary N) is 1. The van der Waals surface area contributed by atoms with E-state index in [9.17, 15) is 10.1 Å². The maximum Gasteiger partial charge on any atom is 0.271 e. The number of nitrogen functional groups attached to an aromatic ring is 1. The largest absolute Gasteiger partial charge is 0.399 e. The average molecular weight is 212 g/mol. The lowest BCUT2D eigenvalue weighted by Gasteiger charge is -1.95. The number of benzene rings is 1. The number of nitro groups is 1. The first-order valence-corrected chi connectivity index (χ1v) is 5.11. The first-order chi connectivity index (χ1) is 7.09. The van der Waals surface area contributed by atoms with Gasteiger partial charge in [0, 0.05) is 17.8 Å². The zero-order chi connectivity index (χ0) is 12.4. The molecule has 0 unspecified atom stereocenters. The second-order valence-corrected chi connectivity index (χ2v) is 2.36. The molecule has 0 aliphatic rings. The van der Waals surface area contributed by atoms with Crippen LogP contribution in [0.1, 0.15) is 33.3 Å². The van der Waals surface area contributed by atoms with Crippen LogP contribution in [0.5, 0.6) is 0 Å². The van der Waals surface area contributed by atoms with Gasteiger partial charge in [0.1, 0.15) is 0 Å². The molecule has 0 amide bonds. The lowest BCUT2D eigenvalue weighted by atomic mass is 10.2. The van der Waals surface area contributed by atoms with Gasteiger partial charge in [-0.2, -0.15) is 0 Å². The number of hydrogen-bond donors (Lipinski definition) is 1. The minimum absolute atomic E-state index is 0.0440. The second kappa shape index (κ2) is 8.99. The number of aryl methyl sites for hydroxylation is 1. The lowest BCUT2D eigenvalue weighted by Crippen LogP contribution is -1.91. The molecule has 0 aliphatic carbocycles. The molecular weight excluding hydrogens is 192 g/mol. The molecule has 1 aromatic rings. The number of hydrogen-bond acceptors (Lipinski definition) is 3. The van der Waals surface area contributed by atoms with E-state index < -0.39 is 4.92 Å². The highest BCUT2D eigenvalue weighted by Crippen LogP contribution is 2.17. The fourth-order valence-electron chi connectivity index (χ4n) is 0.897. The summed E-state index contributed by atoms with van der Waals surface area (Å²) in [4.78, 5) is 9.80. The molecular formula is C11H20N2O2. The molecule has 0 radical (unpaired) electrons. The van der Waals surface area contributed by atoms with Crippen molar-refractivity contribution in [2.45, 2.75) is 34.6 Å². The molecule has 1 rings (SSSR count). The van der Waals surface area contributed by atoms with Gasteiger partial charge in [0.05, 0.1) is 4.92 Å². The first kappa shape index (κ1) is 15.9. The Morgan fingerprint density at radius 2 is 1.60 bits per heavy atom. The summed E-state index contributed by atoms with van der Waals surface area (Å²) in [5.41, 5.74) is 6.67. The Morgan fingerprint density at radius 1 is 1.13 bits per heavy atom. The second-order valence-electron chi connectivity index (χ2n) is 2.36. The Kier molecular flexibility index (Phi) is 9.52. The van der Waals surface area contributed by atoms with Crippen LogP contribution in [0.2, 0.25) is 0 Å². The quantitative estimate of drug-likeness (QED) is 0.439. The van der Waals surface area contributed by atoms with Crippen LogP contribution in [-0.4, -0.2) is 4.92 Å². The molecule has 0 fully saturated rings. The molecule has 0 saturated carbocycles. The van der Waals surface area contributed by atoms with Crippen molar-refractivity contribution in [3.63, 3.8) is 0 Å². The highest BCUT2D eigenvalue weighted by atomic mass is 16.6. The van der Waals surface area contributed by atoms with Crippen LogP contribution in [0.15, 0.2) is 18.2 Å². The van der Waals surface area contributed by atoms with Gasteiger partial charge >= 0.3 is 0 Å². The predicted octanol–water partition coefficient (Wildman–Crippen LogP) is 3.54. The summed E-state index contributed by atoms with van der Waals surface area (Å²) < 4.78 is 0. The van der Waals surface area contributed by atoms with E-state index in [0.717, 1.165) is 5.56 Å². The highest BCUT2D eigenvalue weighted by Gasteiger charge is 2.05. The van der Waals surface area contributed by atoms with Gasteiger partial charge in [-0.15, -0.1) is 0 Å². The van der Waals surface area contributed by atoms with Gasteiger partial charge < -0.3 is 5.73 Å². The maximum absolute atomic E-state index is 10.3. The zero-order valence-corrected chi connectivity index (χ0v) is 10.1. The number of nitrogens with zero attached hydrogens (tertiary/aromatic N) is 1. The van der Waals surface area contributed by atoms with Crippen molar-refractivity contribution in [2.24, 2.45) is 0 Å². The normalized spacial score (nSPS) is 7.80. The molecule has 0 bridgehead atoms. The van der Waals surface area contributed by atoms with Crippen LogP contribution in [0, 0.1) is 17.0 Å². The van der Waals surface area contributed by atoms with Crippen LogP contribution in [0.3, 0.4) is 0 Å². The van der Waals surface area contributed by atoms with E-state index in [1.54, 1.807) is 13.0 Å². The Balaban J connectivity index is 0. The SMILES string of the molecule is CC.CC.Cc1cc(N)cc([N+](=O)[O-])c1. The molecule has 15 heavy (non-hydrogen) atoms. The Labute approximate surface area is 91.3 Å². The average Bonchev–Trinajstić information content (AvgIpc) is 2.22. The summed E-state index contributed by atoms with van der Waals surface area (Å²) in [5, 5.41) is 10.3. The van der Waals surface area contributed by atoms with Gasteiger partial charge in [-0.3, -0.25) is 10.1 Å². The zero-order valence-electron chi connectivity index (χ0n) is 10.1. The lowest BCUT2D eigenvalue weighted by molar-refractivity contribution is -0.384. The maximum atomic E-state index is 10.3. The molecule has 0 aromatic heterocycles. The van der Waals surface area contributed by atoms with Crippen molar-refractivity contribution >= 4 is 11.4 Å². The summed E-state index contributed by atoms with van der Waals surface area (Å²) in [6.07, 6.45) is 0. The molecule has 0 spiro atoms. The van der Waals surface area contributed by atoms with Crippen molar-refractivity contribution in [1.29, 1.82) is 0 Å². The van der Waals surface area contributed by atoms with E-state index in [2.05, 4.69) is 0 Å². The van der Waals surface area contributed by atoms with Crippen LogP contribution < -0.4 is 5.73 Å². The molecule has 0 aliphatic heterocycles. The fraction of sp³-hybridized carbons (Fsp3) is 0.455. The number of rotatable bonds is 1. The van der Waals surface area contributed by atoms with E-state index in [0.29, 0.717) is 5.69 Å². The predicted molar refractivity (Wildman–Crippen MR) is 64.9 cm³/mol. The Morgan fingerprint density at radius 3 is 1.93 bits per heavy atom. The number of nitro benzene ring substituents is 1. The number of anilines is 1. The third-order valence-electron chi connectivity index (χ3n) is 1.30. The van der Waals surface area contributed by atoms with E-state index >= 15 is 0 Å². The van der Waals surface area contributed by atoms with Crippen molar-refractivity contribution in [1.82, 2.24) is 0 Å². The van der Waals surface area contributed by atoms with E-state index in [4.69, 9.17) is 5.73 Å². The molecule has 86 valence electrons. The first-order valence-electron chi connectivity index (χ1n) is 5.11. The third-order valence-corrected chi connectivity index (χ3v) is 1.30. The smallest absolute Gasteiger partial charge is 0.271 e. The van der Waals surface area contributed by atoms with Gasteiger partial charge in [0.25, 0.3) is 5.69 Å². The van der Waals surface area contributed by atoms with Crippen LogP contribution in [0.4, 0.5) is 11.4 Å². The van der Waals surface area contributed by atoms with Gasteiger partial charge in [-0.05, 0) is 18.6 Å². The molecule has 4 heteroatoms. The van der Waals surface area contributed by atoms with Crippen LogP contribution >= 0.6 is 0 Å². The van der Waals surface area contributed by atoms with E-state index in [-0.39, 0.29) is 5.69 Å². The molecule has 2 N–H and O–H groups in total. The van der Waals surface area contributed by atoms with Crippen LogP contribution in [-0.2, 0) is 0 Å². The minimum Gasteiger partial charge on any atom is -0.399 e. The molecule has 0 heterocycles. The van der Waals surface area contributed by atoms with Gasteiger partial charge in [0.2, 0.25) is 0 Å². The summed E-state index contributed by atoms with van der Waals surface area (Å²) in [5.74, 6) is 0. The third kappa shape index (κ3) is 6.49. The topological polar surface area (TPSA) is 69.2 Å². The van der Waals surface area contributed by atoms with E-state index in [1.165, 1.54) is 12.1 Å². The van der Waals surface area contributed by atoms with Crippen molar-refractivity contribution in [2.75, 3.05) is 5.73 Å². The molecule has 0 atom stereocenters. The summed E-state index contributed by atoms with van der Waals surface area (Å²) >= 11 is 0. The van der Waals surface area contributed by atoms with Crippen molar-refractivity contribution in [3.05, 3.63) is 33.9 Å². The molecule has 4 nitrogen and oxygen atoms in total. The van der Waals surface area contributed by atoms with Gasteiger partial charge in [-0.1, -0.05) is 27.7 Å². The Hall–Kier alpha value is -1.58. The summed E-state index contributed by atoms with van der Waals surface area (Å²) in [7, 11) is 0. The monoisotopic (exact) mass is 212 g/mol. The van der Waals surface area contributed by atoms with Gasteiger partial charge in [-0.25, -0.2) is 0 Å². The number of non-ortho nitro benzene ring substituents is 1. The van der Waals surface area contributed by atoms with Gasteiger partial charge in [0.15, 0.2) is 0 Å². The fourth-order valence-corrected chi connectivity index (χ4v) is 0.897. The van der Waals surface area contributed by atoms with Crippen molar-refractivity contribution < 1.29 is 4.92 Å². The summed E-state index contributed by atoms with van der Waals surface area (Å²) in [6.45, 7) is 9.77. The Bertz CT molecular complexity index is 278. The summed E-state index contributed by atoms with van der Waals surface area (Å²) in [6, 6.07) is 4.51. The highest BCUT2D eigenvalue weighted by molar-refractivity contribution is 5.50. The van der Waals surface area contributed by atoms with E-state index in [1.807, 2.05) is 27.7 Å². The standard InChI is InChI=1S/C7H8N2O2.2C2H6/c1-5-2-6(8)4-7(3-5)9(10)11;2*1-2/h2-4H,8H2,1H3;2*1-2H3. The van der Waals surface area contributed by atoms with Crippen molar-refractivity contribution in [3.8, 4) is 0 Å². The minimum atomic E-state index is -0.455. The van der Waals surface area contributed by atoms with Crippen LogP contribution in [0.25, 0.3) is 0 Å². The molecule has 1 aromatic carbocycles. The molecule has 0 saturated heterocycles.